The fraction of sp³-hybridized carbons (Fsp3) is 0.0385. The molecule has 0 aliphatic carbocycles. The summed E-state index contributed by atoms with van der Waals surface area (Å²) in [7, 11) is -8.64. The third-order valence-corrected chi connectivity index (χ3v) is 8.27. The van der Waals surface area contributed by atoms with Gasteiger partial charge in [-0.3, -0.25) is 14.2 Å². The number of nitrogens with zero attached hydrogens (tertiary/aromatic N) is 1. The van der Waals surface area contributed by atoms with Gasteiger partial charge in [0.2, 0.25) is 0 Å². The number of pyridine rings is 1. The van der Waals surface area contributed by atoms with Gasteiger partial charge in [-0.15, -0.1) is 0 Å². The highest BCUT2D eigenvalue weighted by Crippen LogP contribution is 2.25. The summed E-state index contributed by atoms with van der Waals surface area (Å²) in [5.41, 5.74) is -0.899. The van der Waals surface area contributed by atoms with E-state index in [1.165, 1.54) is 18.3 Å². The third kappa shape index (κ3) is 7.99. The SMILES string of the molecule is O=C(COC(=O)c1cc(NS(=O)(=O)c2ccc(F)cc2)cc(NS(=O)(=O)c2ccc(F)cc2)c1)Nc1ccc(Cl)cn1. The standard InChI is InChI=1S/C26H19ClF2N4O7S2/c27-17-1-10-24(30-14-17)31-25(34)15-40-26(35)16-11-20(32-41(36,37)22-6-2-18(28)3-7-22)13-21(12-16)33-42(38,39)23-8-4-19(29)5-9-23/h1-14,32-33H,15H2,(H,30,31,34). The van der Waals surface area contributed by atoms with Crippen LogP contribution in [0.25, 0.3) is 0 Å². The van der Waals surface area contributed by atoms with E-state index in [-0.39, 0.29) is 32.5 Å². The number of hydrogen-bond donors (Lipinski definition) is 3. The number of esters is 1. The first-order chi connectivity index (χ1) is 19.8. The van der Waals surface area contributed by atoms with Gasteiger partial charge in [0.15, 0.2) is 6.61 Å². The number of carbonyl (C=O) groups is 2. The van der Waals surface area contributed by atoms with Gasteiger partial charge < -0.3 is 10.1 Å². The van der Waals surface area contributed by atoms with Gasteiger partial charge in [-0.05, 0) is 78.9 Å². The number of ether oxygens (including phenoxy) is 1. The molecule has 0 saturated heterocycles. The molecule has 0 spiro atoms. The van der Waals surface area contributed by atoms with Gasteiger partial charge >= 0.3 is 5.97 Å². The second-order valence-corrected chi connectivity index (χ2v) is 12.2. The topological polar surface area (TPSA) is 161 Å². The fourth-order valence-electron chi connectivity index (χ4n) is 3.36. The van der Waals surface area contributed by atoms with Crippen LogP contribution in [0.5, 0.6) is 0 Å². The van der Waals surface area contributed by atoms with Crippen LogP contribution in [0.3, 0.4) is 0 Å². The quantitative estimate of drug-likeness (QED) is 0.216. The Balaban J connectivity index is 1.60. The Morgan fingerprint density at radius 2 is 1.26 bits per heavy atom. The minimum Gasteiger partial charge on any atom is -0.452 e. The van der Waals surface area contributed by atoms with Crippen molar-refractivity contribution in [1.29, 1.82) is 0 Å². The lowest BCUT2D eigenvalue weighted by atomic mass is 10.2. The smallest absolute Gasteiger partial charge is 0.338 e. The van der Waals surface area contributed by atoms with E-state index in [4.69, 9.17) is 16.3 Å². The lowest BCUT2D eigenvalue weighted by Gasteiger charge is -2.14. The molecule has 16 heteroatoms. The molecular weight excluding hydrogens is 618 g/mol. The largest absolute Gasteiger partial charge is 0.452 e. The monoisotopic (exact) mass is 636 g/mol. The summed E-state index contributed by atoms with van der Waals surface area (Å²) in [6.45, 7) is -0.773. The zero-order valence-corrected chi connectivity index (χ0v) is 23.4. The molecule has 218 valence electrons. The van der Waals surface area contributed by atoms with Crippen LogP contribution in [-0.4, -0.2) is 40.3 Å². The molecule has 1 amide bonds. The van der Waals surface area contributed by atoms with Crippen molar-refractivity contribution in [2.24, 2.45) is 0 Å². The summed E-state index contributed by atoms with van der Waals surface area (Å²) in [5, 5.41) is 2.72. The van der Waals surface area contributed by atoms with Crippen molar-refractivity contribution in [3.63, 3.8) is 0 Å². The van der Waals surface area contributed by atoms with E-state index >= 15 is 0 Å². The maximum absolute atomic E-state index is 13.3. The highest BCUT2D eigenvalue weighted by molar-refractivity contribution is 7.93. The van der Waals surface area contributed by atoms with Gasteiger partial charge in [0.25, 0.3) is 26.0 Å². The molecule has 1 heterocycles. The van der Waals surface area contributed by atoms with E-state index in [0.717, 1.165) is 66.7 Å². The molecule has 0 fully saturated rings. The summed E-state index contributed by atoms with van der Waals surface area (Å²) in [4.78, 5) is 28.3. The number of carbonyl (C=O) groups excluding carboxylic acids is 2. The number of nitrogens with one attached hydrogen (secondary N) is 3. The molecule has 0 unspecified atom stereocenters. The second-order valence-electron chi connectivity index (χ2n) is 8.40. The first-order valence-corrected chi connectivity index (χ1v) is 15.0. The molecule has 4 rings (SSSR count). The van der Waals surface area contributed by atoms with E-state index in [2.05, 4.69) is 19.7 Å². The fourth-order valence-corrected chi connectivity index (χ4v) is 5.55. The molecule has 42 heavy (non-hydrogen) atoms. The molecule has 0 atom stereocenters. The van der Waals surface area contributed by atoms with Crippen LogP contribution in [0.2, 0.25) is 5.02 Å². The van der Waals surface area contributed by atoms with Crippen molar-refractivity contribution in [3.8, 4) is 0 Å². The first kappa shape index (κ1) is 30.4. The predicted molar refractivity (Wildman–Crippen MR) is 149 cm³/mol. The molecule has 0 aliphatic rings. The van der Waals surface area contributed by atoms with Crippen molar-refractivity contribution < 1.29 is 39.9 Å². The Kier molecular flexibility index (Phi) is 9.04. The Labute approximate surface area is 243 Å². The first-order valence-electron chi connectivity index (χ1n) is 11.6. The van der Waals surface area contributed by atoms with Crippen molar-refractivity contribution >= 4 is 60.7 Å². The molecule has 3 N–H and O–H groups in total. The van der Waals surface area contributed by atoms with Gasteiger partial charge in [0.05, 0.1) is 31.8 Å². The van der Waals surface area contributed by atoms with E-state index < -0.39 is 50.2 Å². The Hall–Kier alpha value is -4.60. The molecule has 0 radical (unpaired) electrons. The minimum atomic E-state index is -4.32. The van der Waals surface area contributed by atoms with Gasteiger partial charge in [-0.25, -0.2) is 35.4 Å². The number of rotatable bonds is 10. The Bertz CT molecular complexity index is 1740. The Morgan fingerprint density at radius 1 is 0.762 bits per heavy atom. The van der Waals surface area contributed by atoms with E-state index in [9.17, 15) is 35.2 Å². The summed E-state index contributed by atoms with van der Waals surface area (Å²) in [6, 6.07) is 13.7. The molecule has 11 nitrogen and oxygen atoms in total. The van der Waals surface area contributed by atoms with Crippen molar-refractivity contribution in [2.45, 2.75) is 9.79 Å². The third-order valence-electron chi connectivity index (χ3n) is 5.25. The van der Waals surface area contributed by atoms with E-state index in [0.29, 0.717) is 5.02 Å². The molecule has 4 aromatic rings. The normalized spacial score (nSPS) is 11.4. The van der Waals surface area contributed by atoms with Crippen LogP contribution in [0.1, 0.15) is 10.4 Å². The van der Waals surface area contributed by atoms with Crippen molar-refractivity contribution in [3.05, 3.63) is 107 Å². The van der Waals surface area contributed by atoms with Crippen molar-refractivity contribution in [2.75, 3.05) is 21.4 Å². The number of benzene rings is 3. The highest BCUT2D eigenvalue weighted by atomic mass is 35.5. The molecule has 0 saturated carbocycles. The van der Waals surface area contributed by atoms with Gasteiger partial charge in [0, 0.05) is 6.20 Å². The summed E-state index contributed by atoms with van der Waals surface area (Å²) >= 11 is 5.75. The van der Waals surface area contributed by atoms with Crippen LogP contribution in [-0.2, 0) is 29.6 Å². The summed E-state index contributed by atoms with van der Waals surface area (Å²) < 4.78 is 87.4. The van der Waals surface area contributed by atoms with E-state index in [1.807, 2.05) is 0 Å². The second kappa shape index (κ2) is 12.5. The minimum absolute atomic E-state index is 0.134. The lowest BCUT2D eigenvalue weighted by molar-refractivity contribution is -0.119. The zero-order valence-electron chi connectivity index (χ0n) is 21.0. The van der Waals surface area contributed by atoms with Crippen LogP contribution < -0.4 is 14.8 Å². The Morgan fingerprint density at radius 3 is 1.71 bits per heavy atom. The molecular formula is C26H19ClF2N4O7S2. The molecule has 3 aromatic carbocycles. The van der Waals surface area contributed by atoms with Gasteiger partial charge in [-0.2, -0.15) is 0 Å². The average molecular weight is 637 g/mol. The number of aromatic nitrogens is 1. The number of amides is 1. The number of anilines is 3. The van der Waals surface area contributed by atoms with E-state index in [1.54, 1.807) is 0 Å². The van der Waals surface area contributed by atoms with Gasteiger partial charge in [-0.1, -0.05) is 11.6 Å². The highest BCUT2D eigenvalue weighted by Gasteiger charge is 2.20. The van der Waals surface area contributed by atoms with Crippen LogP contribution in [0, 0.1) is 11.6 Å². The zero-order chi connectivity index (χ0) is 30.5. The lowest BCUT2D eigenvalue weighted by Crippen LogP contribution is -2.22. The van der Waals surface area contributed by atoms with Crippen LogP contribution in [0.4, 0.5) is 26.0 Å². The maximum Gasteiger partial charge on any atom is 0.338 e. The molecule has 0 aliphatic heterocycles. The number of halogens is 3. The average Bonchev–Trinajstić information content (AvgIpc) is 2.93. The van der Waals surface area contributed by atoms with Crippen LogP contribution in [0.15, 0.2) is 94.9 Å². The maximum atomic E-state index is 13.3. The molecule has 0 bridgehead atoms. The number of hydrogen-bond acceptors (Lipinski definition) is 8. The molecule has 1 aromatic heterocycles. The van der Waals surface area contributed by atoms with Crippen LogP contribution >= 0.6 is 11.6 Å². The van der Waals surface area contributed by atoms with Crippen molar-refractivity contribution in [1.82, 2.24) is 4.98 Å². The summed E-state index contributed by atoms with van der Waals surface area (Å²) in [5.74, 6) is -3.09. The van der Waals surface area contributed by atoms with Gasteiger partial charge in [0.1, 0.15) is 17.5 Å². The number of sulfonamides is 2. The predicted octanol–water partition coefficient (Wildman–Crippen LogP) is 4.41. The summed E-state index contributed by atoms with van der Waals surface area (Å²) in [6.07, 6.45) is 1.29.